The van der Waals surface area contributed by atoms with E-state index in [1.807, 2.05) is 0 Å². The Balaban J connectivity index is 3.06. The molecule has 0 saturated carbocycles. The first-order valence-electron chi connectivity index (χ1n) is 4.09. The minimum atomic E-state index is -3.64. The summed E-state index contributed by atoms with van der Waals surface area (Å²) in [5.74, 6) is -5.77. The minimum absolute atomic E-state index is 0.422. The summed E-state index contributed by atoms with van der Waals surface area (Å²) in [6, 6.07) is 1.97. The third-order valence-electron chi connectivity index (χ3n) is 1.93. The van der Waals surface area contributed by atoms with Gasteiger partial charge in [0.15, 0.2) is 0 Å². The van der Waals surface area contributed by atoms with Crippen molar-refractivity contribution < 1.29 is 22.7 Å². The number of hydrogen-bond donors (Lipinski definition) is 2. The van der Waals surface area contributed by atoms with Gasteiger partial charge in [-0.1, -0.05) is 6.07 Å². The number of hydrogen-bond acceptors (Lipinski definition) is 2. The number of nitrogens with two attached hydrogens (primary N) is 1. The molecule has 0 aliphatic heterocycles. The highest BCUT2D eigenvalue weighted by molar-refractivity contribution is 5.22. The summed E-state index contributed by atoms with van der Waals surface area (Å²) in [6.07, 6.45) is -2.37. The van der Waals surface area contributed by atoms with Gasteiger partial charge in [-0.25, -0.2) is 17.6 Å². The second kappa shape index (κ2) is 4.16. The molecule has 0 amide bonds. The van der Waals surface area contributed by atoms with Gasteiger partial charge in [0.05, 0.1) is 6.54 Å². The minimum Gasteiger partial charge on any atom is -0.382 e. The number of benzene rings is 1. The molecule has 1 aromatic rings. The van der Waals surface area contributed by atoms with E-state index >= 15 is 0 Å². The smallest absolute Gasteiger partial charge is 0.289 e. The molecule has 0 radical (unpaired) electrons. The fourth-order valence-electron chi connectivity index (χ4n) is 1.06. The summed E-state index contributed by atoms with van der Waals surface area (Å²) in [4.78, 5) is 0. The first kappa shape index (κ1) is 11.9. The summed E-state index contributed by atoms with van der Waals surface area (Å²) in [5.41, 5.74) is 4.04. The first-order chi connectivity index (χ1) is 6.88. The molecule has 15 heavy (non-hydrogen) atoms. The topological polar surface area (TPSA) is 46.2 Å². The molecule has 2 nitrogen and oxygen atoms in total. The number of aliphatic hydroxyl groups excluding tert-OH is 1. The van der Waals surface area contributed by atoms with E-state index in [0.29, 0.717) is 6.07 Å². The van der Waals surface area contributed by atoms with Crippen LogP contribution < -0.4 is 5.73 Å². The van der Waals surface area contributed by atoms with Crippen LogP contribution in [0.25, 0.3) is 0 Å². The standard InChI is InChI=1S/C9H9F4NO/c10-5-1-2-6(7(11)3-5)8(15)9(12,13)4-14/h1-3,8,15H,4,14H2. The van der Waals surface area contributed by atoms with Gasteiger partial charge < -0.3 is 10.8 Å². The maximum Gasteiger partial charge on any atom is 0.289 e. The van der Waals surface area contributed by atoms with Gasteiger partial charge in [-0.2, -0.15) is 0 Å². The molecule has 0 spiro atoms. The third kappa shape index (κ3) is 2.45. The van der Waals surface area contributed by atoms with Crippen molar-refractivity contribution in [3.8, 4) is 0 Å². The van der Waals surface area contributed by atoms with Crippen molar-refractivity contribution >= 4 is 0 Å². The number of rotatable bonds is 3. The average molecular weight is 223 g/mol. The van der Waals surface area contributed by atoms with Crippen LogP contribution in [0, 0.1) is 11.6 Å². The van der Waals surface area contributed by atoms with Crippen LogP contribution in [0.3, 0.4) is 0 Å². The Morgan fingerprint density at radius 2 is 1.93 bits per heavy atom. The highest BCUT2D eigenvalue weighted by Crippen LogP contribution is 2.31. The second-order valence-electron chi connectivity index (χ2n) is 3.03. The molecule has 0 heterocycles. The van der Waals surface area contributed by atoms with Gasteiger partial charge in [0.25, 0.3) is 5.92 Å². The molecule has 1 atom stereocenters. The van der Waals surface area contributed by atoms with Crippen molar-refractivity contribution in [3.63, 3.8) is 0 Å². The van der Waals surface area contributed by atoms with Crippen LogP contribution in [-0.2, 0) is 0 Å². The van der Waals surface area contributed by atoms with Crippen molar-refractivity contribution in [3.05, 3.63) is 35.4 Å². The summed E-state index contributed by atoms with van der Waals surface area (Å²) in [7, 11) is 0. The van der Waals surface area contributed by atoms with E-state index in [4.69, 9.17) is 10.8 Å². The van der Waals surface area contributed by atoms with E-state index in [1.165, 1.54) is 0 Å². The summed E-state index contributed by atoms with van der Waals surface area (Å²) >= 11 is 0. The Kier molecular flexibility index (Phi) is 3.31. The normalized spacial score (nSPS) is 14.0. The predicted octanol–water partition coefficient (Wildman–Crippen LogP) is 1.59. The summed E-state index contributed by atoms with van der Waals surface area (Å²) in [6.45, 7) is -1.12. The Morgan fingerprint density at radius 1 is 1.33 bits per heavy atom. The maximum absolute atomic E-state index is 13.0. The van der Waals surface area contributed by atoms with Crippen LogP contribution in [0.5, 0.6) is 0 Å². The van der Waals surface area contributed by atoms with Crippen molar-refractivity contribution in [1.29, 1.82) is 0 Å². The van der Waals surface area contributed by atoms with E-state index in [9.17, 15) is 17.6 Å². The van der Waals surface area contributed by atoms with Gasteiger partial charge in [0.1, 0.15) is 17.7 Å². The van der Waals surface area contributed by atoms with E-state index in [-0.39, 0.29) is 0 Å². The zero-order valence-electron chi connectivity index (χ0n) is 7.55. The first-order valence-corrected chi connectivity index (χ1v) is 4.09. The van der Waals surface area contributed by atoms with E-state index in [2.05, 4.69) is 0 Å². The number of halogens is 4. The Morgan fingerprint density at radius 3 is 2.40 bits per heavy atom. The molecule has 1 unspecified atom stereocenters. The second-order valence-corrected chi connectivity index (χ2v) is 3.03. The molecule has 0 bridgehead atoms. The van der Waals surface area contributed by atoms with Crippen molar-refractivity contribution in [2.24, 2.45) is 5.73 Å². The lowest BCUT2D eigenvalue weighted by Gasteiger charge is -2.21. The SMILES string of the molecule is NCC(F)(F)C(O)c1ccc(F)cc1F. The molecule has 0 aliphatic rings. The Labute approximate surface area is 83.3 Å². The van der Waals surface area contributed by atoms with Crippen LogP contribution in [0.4, 0.5) is 17.6 Å². The van der Waals surface area contributed by atoms with Crippen molar-refractivity contribution in [2.75, 3.05) is 6.54 Å². The molecule has 1 aromatic carbocycles. The largest absolute Gasteiger partial charge is 0.382 e. The molecule has 3 N–H and O–H groups in total. The lowest BCUT2D eigenvalue weighted by atomic mass is 10.0. The summed E-state index contributed by atoms with van der Waals surface area (Å²) in [5, 5.41) is 9.13. The fraction of sp³-hybridized carbons (Fsp3) is 0.333. The highest BCUT2D eigenvalue weighted by atomic mass is 19.3. The Bertz CT molecular complexity index is 356. The quantitative estimate of drug-likeness (QED) is 0.764. The van der Waals surface area contributed by atoms with E-state index in [0.717, 1.165) is 12.1 Å². The van der Waals surface area contributed by atoms with Crippen molar-refractivity contribution in [1.82, 2.24) is 0 Å². The summed E-state index contributed by atoms with van der Waals surface area (Å²) < 4.78 is 51.2. The molecule has 1 rings (SSSR count). The molecule has 6 heteroatoms. The highest BCUT2D eigenvalue weighted by Gasteiger charge is 2.39. The molecule has 0 aliphatic carbocycles. The van der Waals surface area contributed by atoms with Crippen LogP contribution in [0.1, 0.15) is 11.7 Å². The monoisotopic (exact) mass is 223 g/mol. The van der Waals surface area contributed by atoms with Crippen LogP contribution in [0.15, 0.2) is 18.2 Å². The lowest BCUT2D eigenvalue weighted by Crippen LogP contribution is -2.35. The van der Waals surface area contributed by atoms with E-state index < -0.39 is 35.8 Å². The predicted molar refractivity (Wildman–Crippen MR) is 45.3 cm³/mol. The van der Waals surface area contributed by atoms with Gasteiger partial charge in [0, 0.05) is 11.6 Å². The molecule has 84 valence electrons. The zero-order chi connectivity index (χ0) is 11.6. The van der Waals surface area contributed by atoms with Gasteiger partial charge in [-0.05, 0) is 6.07 Å². The van der Waals surface area contributed by atoms with Crippen LogP contribution >= 0.6 is 0 Å². The van der Waals surface area contributed by atoms with E-state index in [1.54, 1.807) is 0 Å². The average Bonchev–Trinajstić information content (AvgIpc) is 2.17. The molecule has 0 saturated heterocycles. The molecular formula is C9H9F4NO. The van der Waals surface area contributed by atoms with Gasteiger partial charge in [-0.15, -0.1) is 0 Å². The molecule has 0 aromatic heterocycles. The number of aliphatic hydroxyl groups is 1. The van der Waals surface area contributed by atoms with Crippen LogP contribution in [0.2, 0.25) is 0 Å². The Hall–Kier alpha value is -1.14. The fourth-order valence-corrected chi connectivity index (χ4v) is 1.06. The van der Waals surface area contributed by atoms with Gasteiger partial charge in [0.2, 0.25) is 0 Å². The maximum atomic E-state index is 13.0. The molecule has 0 fully saturated rings. The van der Waals surface area contributed by atoms with Crippen molar-refractivity contribution in [2.45, 2.75) is 12.0 Å². The van der Waals surface area contributed by atoms with Gasteiger partial charge >= 0.3 is 0 Å². The zero-order valence-corrected chi connectivity index (χ0v) is 7.55. The van der Waals surface area contributed by atoms with Crippen LogP contribution in [-0.4, -0.2) is 17.6 Å². The van der Waals surface area contributed by atoms with Gasteiger partial charge in [-0.3, -0.25) is 0 Å². The number of alkyl halides is 2. The third-order valence-corrected chi connectivity index (χ3v) is 1.93. The molecular weight excluding hydrogens is 214 g/mol. The lowest BCUT2D eigenvalue weighted by molar-refractivity contribution is -0.104.